The number of allylic oxidation sites excluding steroid dienone is 20. The van der Waals surface area contributed by atoms with Crippen LogP contribution in [-0.4, -0.2) is 37.2 Å². The fraction of sp³-hybridized carbons (Fsp3) is 0.623. The molecule has 0 rings (SSSR count). The minimum atomic E-state index is -0.815. The zero-order valence-corrected chi connectivity index (χ0v) is 43.1. The van der Waals surface area contributed by atoms with E-state index in [1.807, 2.05) is 0 Å². The van der Waals surface area contributed by atoms with Crippen LogP contribution in [0.15, 0.2) is 122 Å². The lowest BCUT2D eigenvalue weighted by atomic mass is 10.1. The molecule has 1 unspecified atom stereocenters. The Hall–Kier alpha value is -4.19. The molecule has 0 radical (unpaired) electrons. The minimum absolute atomic E-state index is 0.109. The van der Waals surface area contributed by atoms with E-state index in [0.29, 0.717) is 19.3 Å². The topological polar surface area (TPSA) is 78.9 Å². The Morgan fingerprint density at radius 2 is 0.612 bits per heavy atom. The Bertz CT molecular complexity index is 1440. The summed E-state index contributed by atoms with van der Waals surface area (Å²) in [7, 11) is 0. The normalized spacial score (nSPS) is 13.1. The predicted molar refractivity (Wildman–Crippen MR) is 288 cm³/mol. The fourth-order valence-corrected chi connectivity index (χ4v) is 6.85. The van der Waals surface area contributed by atoms with Gasteiger partial charge in [-0.3, -0.25) is 14.4 Å². The van der Waals surface area contributed by atoms with Crippen LogP contribution in [0.4, 0.5) is 0 Å². The van der Waals surface area contributed by atoms with E-state index in [4.69, 9.17) is 14.2 Å². The molecule has 0 N–H and O–H groups in total. The number of carbonyl (C=O) groups is 3. The second-order valence-corrected chi connectivity index (χ2v) is 17.4. The Kier molecular flexibility index (Phi) is 51.0. The van der Waals surface area contributed by atoms with E-state index in [-0.39, 0.29) is 37.5 Å². The predicted octanol–water partition coefficient (Wildman–Crippen LogP) is 18.1. The van der Waals surface area contributed by atoms with Crippen LogP contribution in [-0.2, 0) is 28.6 Å². The van der Waals surface area contributed by atoms with E-state index in [1.165, 1.54) is 51.4 Å². The molecule has 0 saturated heterocycles. The third kappa shape index (κ3) is 52.6. The summed E-state index contributed by atoms with van der Waals surface area (Å²) < 4.78 is 16.7. The van der Waals surface area contributed by atoms with Gasteiger partial charge in [-0.1, -0.05) is 206 Å². The molecule has 0 spiro atoms. The molecule has 0 aliphatic heterocycles. The molecule has 0 fully saturated rings. The minimum Gasteiger partial charge on any atom is -0.462 e. The highest BCUT2D eigenvalue weighted by atomic mass is 16.6. The Morgan fingerprint density at radius 1 is 0.313 bits per heavy atom. The van der Waals surface area contributed by atoms with Gasteiger partial charge in [-0.25, -0.2) is 0 Å². The Labute approximate surface area is 412 Å². The molecule has 0 bridgehead atoms. The molecule has 0 aliphatic rings. The standard InChI is InChI=1S/C61H98O6/c1-4-7-10-13-16-19-22-24-26-27-28-29-30-31-32-33-35-36-39-42-45-48-51-54-60(63)66-57-58(56-65-59(62)53-50-47-44-41-38-21-18-15-12-9-6-3)67-61(64)55-52-49-46-43-40-37-34-25-23-20-17-14-11-8-5-2/h7,10,15-20,24-26,28-29,31-32,34-36,42,45,58H,4-6,8-9,11-14,21-23,27,30,33,37-41,43-44,46-57H2,1-3H3/b10-7-,18-15-,19-16-,20-17-,26-24-,29-28-,32-31-,34-25-,36-35-,45-42-. The number of rotatable bonds is 47. The third-order valence-corrected chi connectivity index (χ3v) is 10.9. The Balaban J connectivity index is 4.49. The van der Waals surface area contributed by atoms with Crippen LogP contribution in [0, 0.1) is 0 Å². The van der Waals surface area contributed by atoms with E-state index in [0.717, 1.165) is 128 Å². The van der Waals surface area contributed by atoms with Crippen molar-refractivity contribution in [2.24, 2.45) is 0 Å². The third-order valence-electron chi connectivity index (χ3n) is 10.9. The lowest BCUT2D eigenvalue weighted by Gasteiger charge is -2.18. The molecule has 67 heavy (non-hydrogen) atoms. The van der Waals surface area contributed by atoms with Crippen LogP contribution in [0.2, 0.25) is 0 Å². The summed E-state index contributed by atoms with van der Waals surface area (Å²) in [5, 5.41) is 0. The first kappa shape index (κ1) is 62.8. The number of esters is 3. The molecule has 0 aromatic heterocycles. The lowest BCUT2D eigenvalue weighted by Crippen LogP contribution is -2.30. The van der Waals surface area contributed by atoms with Gasteiger partial charge in [-0.2, -0.15) is 0 Å². The van der Waals surface area contributed by atoms with Crippen LogP contribution >= 0.6 is 0 Å². The molecule has 0 amide bonds. The van der Waals surface area contributed by atoms with Crippen molar-refractivity contribution in [3.63, 3.8) is 0 Å². The summed E-state index contributed by atoms with van der Waals surface area (Å²) in [4.78, 5) is 38.0. The highest BCUT2D eigenvalue weighted by Crippen LogP contribution is 2.12. The second kappa shape index (κ2) is 54.4. The SMILES string of the molecule is CC/C=C\C/C=C\C/C=C\C/C=C\C/C=C\C/C=C\C/C=C\CCCC(=O)OCC(COC(=O)CCCCCCC/C=C\CCCC)OC(=O)CCCCCCC/C=C\C/C=C\CCCCC. The molecule has 0 aliphatic carbocycles. The number of ether oxygens (including phenoxy) is 3. The summed E-state index contributed by atoms with van der Waals surface area (Å²) in [6.45, 7) is 6.37. The molecular weight excluding hydrogens is 829 g/mol. The van der Waals surface area contributed by atoms with E-state index < -0.39 is 6.10 Å². The largest absolute Gasteiger partial charge is 0.462 e. The van der Waals surface area contributed by atoms with Gasteiger partial charge < -0.3 is 14.2 Å². The van der Waals surface area contributed by atoms with Crippen LogP contribution in [0.25, 0.3) is 0 Å². The number of hydrogen-bond acceptors (Lipinski definition) is 6. The van der Waals surface area contributed by atoms with Crippen LogP contribution in [0.1, 0.15) is 226 Å². The lowest BCUT2D eigenvalue weighted by molar-refractivity contribution is -0.167. The zero-order chi connectivity index (χ0) is 48.6. The van der Waals surface area contributed by atoms with Crippen molar-refractivity contribution in [1.29, 1.82) is 0 Å². The molecule has 378 valence electrons. The maximum absolute atomic E-state index is 12.8. The quantitative estimate of drug-likeness (QED) is 0.0262. The zero-order valence-electron chi connectivity index (χ0n) is 43.1. The summed E-state index contributed by atoms with van der Waals surface area (Å²) in [5.74, 6) is -1.00. The maximum atomic E-state index is 12.8. The van der Waals surface area contributed by atoms with Gasteiger partial charge in [-0.15, -0.1) is 0 Å². The van der Waals surface area contributed by atoms with Crippen molar-refractivity contribution in [3.8, 4) is 0 Å². The summed E-state index contributed by atoms with van der Waals surface area (Å²) in [6, 6.07) is 0. The second-order valence-electron chi connectivity index (χ2n) is 17.4. The fourth-order valence-electron chi connectivity index (χ4n) is 6.85. The molecular formula is C61H98O6. The van der Waals surface area contributed by atoms with Crippen molar-refractivity contribution in [3.05, 3.63) is 122 Å². The highest BCUT2D eigenvalue weighted by Gasteiger charge is 2.19. The molecule has 6 heteroatoms. The van der Waals surface area contributed by atoms with Gasteiger partial charge in [-0.05, 0) is 122 Å². The van der Waals surface area contributed by atoms with Crippen molar-refractivity contribution in [2.45, 2.75) is 232 Å². The highest BCUT2D eigenvalue weighted by molar-refractivity contribution is 5.71. The summed E-state index contributed by atoms with van der Waals surface area (Å²) in [6.07, 6.45) is 74.7. The average Bonchev–Trinajstić information content (AvgIpc) is 3.33. The molecule has 6 nitrogen and oxygen atoms in total. The molecule has 0 saturated carbocycles. The number of unbranched alkanes of at least 4 members (excludes halogenated alkanes) is 16. The molecule has 0 heterocycles. The monoisotopic (exact) mass is 927 g/mol. The molecule has 1 atom stereocenters. The van der Waals surface area contributed by atoms with Crippen molar-refractivity contribution in [2.75, 3.05) is 13.2 Å². The van der Waals surface area contributed by atoms with Crippen LogP contribution < -0.4 is 0 Å². The van der Waals surface area contributed by atoms with Crippen molar-refractivity contribution in [1.82, 2.24) is 0 Å². The van der Waals surface area contributed by atoms with Gasteiger partial charge >= 0.3 is 17.9 Å². The van der Waals surface area contributed by atoms with Gasteiger partial charge in [0.2, 0.25) is 0 Å². The maximum Gasteiger partial charge on any atom is 0.306 e. The van der Waals surface area contributed by atoms with Crippen molar-refractivity contribution < 1.29 is 28.6 Å². The van der Waals surface area contributed by atoms with E-state index in [1.54, 1.807) is 0 Å². The van der Waals surface area contributed by atoms with Crippen molar-refractivity contribution >= 4 is 17.9 Å². The van der Waals surface area contributed by atoms with E-state index in [2.05, 4.69) is 142 Å². The molecule has 0 aromatic rings. The number of hydrogen-bond donors (Lipinski definition) is 0. The van der Waals surface area contributed by atoms with Crippen LogP contribution in [0.3, 0.4) is 0 Å². The van der Waals surface area contributed by atoms with Gasteiger partial charge in [0, 0.05) is 19.3 Å². The summed E-state index contributed by atoms with van der Waals surface area (Å²) in [5.41, 5.74) is 0. The molecule has 0 aromatic carbocycles. The van der Waals surface area contributed by atoms with Gasteiger partial charge in [0.1, 0.15) is 13.2 Å². The Morgan fingerprint density at radius 3 is 1.03 bits per heavy atom. The van der Waals surface area contributed by atoms with E-state index >= 15 is 0 Å². The van der Waals surface area contributed by atoms with E-state index in [9.17, 15) is 14.4 Å². The van der Waals surface area contributed by atoms with Gasteiger partial charge in [0.15, 0.2) is 6.10 Å². The van der Waals surface area contributed by atoms with Gasteiger partial charge in [0.25, 0.3) is 0 Å². The summed E-state index contributed by atoms with van der Waals surface area (Å²) >= 11 is 0. The van der Waals surface area contributed by atoms with Gasteiger partial charge in [0.05, 0.1) is 0 Å². The van der Waals surface area contributed by atoms with Crippen LogP contribution in [0.5, 0.6) is 0 Å². The average molecular weight is 927 g/mol. The number of carbonyl (C=O) groups excluding carboxylic acids is 3. The first-order valence-electron chi connectivity index (χ1n) is 27.0. The first-order chi connectivity index (χ1) is 33.0. The first-order valence-corrected chi connectivity index (χ1v) is 27.0. The smallest absolute Gasteiger partial charge is 0.306 e.